The first-order valence-electron chi connectivity index (χ1n) is 5.26. The molecule has 0 atom stereocenters. The molecule has 0 amide bonds. The summed E-state index contributed by atoms with van der Waals surface area (Å²) in [6, 6.07) is 4.65. The van der Waals surface area contributed by atoms with E-state index in [9.17, 15) is 9.90 Å². The van der Waals surface area contributed by atoms with Crippen molar-refractivity contribution in [3.63, 3.8) is 0 Å². The average molecular weight is 234 g/mol. The molecule has 1 N–H and O–H groups in total. The summed E-state index contributed by atoms with van der Waals surface area (Å²) in [7, 11) is 0. The van der Waals surface area contributed by atoms with Crippen molar-refractivity contribution >= 4 is 17.1 Å². The number of carbonyl (C=O) groups is 1. The molecule has 5 heteroatoms. The first-order chi connectivity index (χ1) is 7.87. The predicted molar refractivity (Wildman–Crippen MR) is 63.0 cm³/mol. The largest absolute Gasteiger partial charge is 0.508 e. The second-order valence-electron chi connectivity index (χ2n) is 4.77. The van der Waals surface area contributed by atoms with E-state index >= 15 is 0 Å². The van der Waals surface area contributed by atoms with E-state index < -0.39 is 11.7 Å². The highest BCUT2D eigenvalue weighted by atomic mass is 16.6. The fourth-order valence-electron chi connectivity index (χ4n) is 1.45. The summed E-state index contributed by atoms with van der Waals surface area (Å²) >= 11 is 0. The minimum atomic E-state index is -0.565. The van der Waals surface area contributed by atoms with Gasteiger partial charge in [0.1, 0.15) is 17.7 Å². The Morgan fingerprint density at radius 3 is 2.76 bits per heavy atom. The van der Waals surface area contributed by atoms with Gasteiger partial charge in [0.25, 0.3) is 0 Å². The highest BCUT2D eigenvalue weighted by molar-refractivity contribution is 5.87. The van der Waals surface area contributed by atoms with Gasteiger partial charge in [-0.25, -0.2) is 14.3 Å². The Balaban J connectivity index is 2.42. The Morgan fingerprint density at radius 1 is 1.41 bits per heavy atom. The molecule has 0 aliphatic heterocycles. The number of imidazole rings is 1. The average Bonchev–Trinajstić information content (AvgIpc) is 2.57. The fourth-order valence-corrected chi connectivity index (χ4v) is 1.45. The molecule has 1 aromatic heterocycles. The van der Waals surface area contributed by atoms with E-state index in [1.807, 2.05) is 0 Å². The molecule has 0 aliphatic carbocycles. The number of nitrogens with zero attached hydrogens (tertiary/aromatic N) is 2. The minimum Gasteiger partial charge on any atom is -0.508 e. The molecule has 0 aliphatic rings. The summed E-state index contributed by atoms with van der Waals surface area (Å²) in [6.07, 6.45) is 0.878. The standard InChI is InChI=1S/C12H14N2O3/c1-12(2,3)17-11(16)14-7-13-9-5-4-8(15)6-10(9)14/h4-7,15H,1-3H3. The molecule has 1 heterocycles. The highest BCUT2D eigenvalue weighted by Crippen LogP contribution is 2.20. The molecule has 17 heavy (non-hydrogen) atoms. The molecule has 2 rings (SSSR count). The fraction of sp³-hybridized carbons (Fsp3) is 0.333. The zero-order chi connectivity index (χ0) is 12.6. The molecule has 0 radical (unpaired) electrons. The summed E-state index contributed by atoms with van der Waals surface area (Å²) in [5.41, 5.74) is 0.595. The molecule has 0 spiro atoms. The molecule has 0 saturated heterocycles. The lowest BCUT2D eigenvalue weighted by Gasteiger charge is -2.19. The zero-order valence-electron chi connectivity index (χ0n) is 9.97. The highest BCUT2D eigenvalue weighted by Gasteiger charge is 2.19. The predicted octanol–water partition coefficient (Wildman–Crippen LogP) is 2.53. The number of hydrogen-bond acceptors (Lipinski definition) is 4. The monoisotopic (exact) mass is 234 g/mol. The maximum Gasteiger partial charge on any atom is 0.420 e. The van der Waals surface area contributed by atoms with Crippen LogP contribution in [0.3, 0.4) is 0 Å². The number of phenolic OH excluding ortho intramolecular Hbond substituents is 1. The van der Waals surface area contributed by atoms with Gasteiger partial charge in [-0.2, -0.15) is 0 Å². The number of carbonyl (C=O) groups excluding carboxylic acids is 1. The van der Waals surface area contributed by atoms with E-state index in [1.54, 1.807) is 26.8 Å². The molecule has 90 valence electrons. The smallest absolute Gasteiger partial charge is 0.420 e. The van der Waals surface area contributed by atoms with Gasteiger partial charge in [-0.3, -0.25) is 0 Å². The van der Waals surface area contributed by atoms with Crippen molar-refractivity contribution in [3.05, 3.63) is 24.5 Å². The number of benzene rings is 1. The van der Waals surface area contributed by atoms with E-state index in [0.717, 1.165) is 0 Å². The van der Waals surface area contributed by atoms with E-state index in [4.69, 9.17) is 4.74 Å². The van der Waals surface area contributed by atoms with E-state index in [2.05, 4.69) is 4.98 Å². The van der Waals surface area contributed by atoms with Crippen LogP contribution in [0.4, 0.5) is 4.79 Å². The lowest BCUT2D eigenvalue weighted by molar-refractivity contribution is 0.0543. The third-order valence-electron chi connectivity index (χ3n) is 2.12. The van der Waals surface area contributed by atoms with Gasteiger partial charge in [0, 0.05) is 6.07 Å². The number of rotatable bonds is 0. The van der Waals surface area contributed by atoms with Crippen LogP contribution in [-0.2, 0) is 4.74 Å². The van der Waals surface area contributed by atoms with Gasteiger partial charge in [0.15, 0.2) is 0 Å². The minimum absolute atomic E-state index is 0.0859. The Morgan fingerprint density at radius 2 is 2.12 bits per heavy atom. The van der Waals surface area contributed by atoms with E-state index in [1.165, 1.54) is 23.0 Å². The van der Waals surface area contributed by atoms with Gasteiger partial charge < -0.3 is 9.84 Å². The number of hydrogen-bond donors (Lipinski definition) is 1. The van der Waals surface area contributed by atoms with Crippen molar-refractivity contribution in [3.8, 4) is 5.75 Å². The van der Waals surface area contributed by atoms with Crippen LogP contribution in [0.15, 0.2) is 24.5 Å². The third-order valence-corrected chi connectivity index (χ3v) is 2.12. The van der Waals surface area contributed by atoms with Crippen molar-refractivity contribution < 1.29 is 14.6 Å². The van der Waals surface area contributed by atoms with Crippen LogP contribution < -0.4 is 0 Å². The summed E-state index contributed by atoms with van der Waals surface area (Å²) < 4.78 is 6.51. The van der Waals surface area contributed by atoms with Gasteiger partial charge in [-0.05, 0) is 32.9 Å². The first-order valence-corrected chi connectivity index (χ1v) is 5.26. The van der Waals surface area contributed by atoms with Crippen molar-refractivity contribution in [2.75, 3.05) is 0 Å². The Kier molecular flexibility index (Phi) is 2.53. The summed E-state index contributed by atoms with van der Waals surface area (Å²) in [6.45, 7) is 5.38. The number of phenols is 1. The van der Waals surface area contributed by atoms with Crippen LogP contribution in [0.25, 0.3) is 11.0 Å². The molecule has 1 aromatic carbocycles. The van der Waals surface area contributed by atoms with Gasteiger partial charge in [0.2, 0.25) is 0 Å². The third kappa shape index (κ3) is 2.38. The lowest BCUT2D eigenvalue weighted by Crippen LogP contribution is -2.26. The Labute approximate surface area is 98.6 Å². The number of fused-ring (bicyclic) bond motifs is 1. The van der Waals surface area contributed by atoms with Crippen molar-refractivity contribution in [1.82, 2.24) is 9.55 Å². The molecule has 0 bridgehead atoms. The lowest BCUT2D eigenvalue weighted by atomic mass is 10.2. The zero-order valence-corrected chi connectivity index (χ0v) is 9.97. The van der Waals surface area contributed by atoms with E-state index in [-0.39, 0.29) is 5.75 Å². The Bertz CT molecular complexity index is 567. The summed E-state index contributed by atoms with van der Waals surface area (Å²) in [5.74, 6) is 0.0859. The number of aromatic nitrogens is 2. The van der Waals surface area contributed by atoms with Crippen molar-refractivity contribution in [2.45, 2.75) is 26.4 Å². The Hall–Kier alpha value is -2.04. The van der Waals surface area contributed by atoms with Crippen molar-refractivity contribution in [1.29, 1.82) is 0 Å². The van der Waals surface area contributed by atoms with Crippen LogP contribution in [0.1, 0.15) is 20.8 Å². The molecule has 0 unspecified atom stereocenters. The number of ether oxygens (including phenoxy) is 1. The maximum atomic E-state index is 11.9. The van der Waals surface area contributed by atoms with Crippen LogP contribution >= 0.6 is 0 Å². The van der Waals surface area contributed by atoms with Crippen LogP contribution in [0, 0.1) is 0 Å². The topological polar surface area (TPSA) is 64.4 Å². The molecule has 2 aromatic rings. The van der Waals surface area contributed by atoms with Gasteiger partial charge in [0.05, 0.1) is 11.0 Å². The second-order valence-corrected chi connectivity index (χ2v) is 4.77. The van der Waals surface area contributed by atoms with E-state index in [0.29, 0.717) is 11.0 Å². The van der Waals surface area contributed by atoms with Gasteiger partial charge in [-0.15, -0.1) is 0 Å². The SMILES string of the molecule is CC(C)(C)OC(=O)n1cnc2ccc(O)cc21. The van der Waals surface area contributed by atoms with Crippen LogP contribution in [0.2, 0.25) is 0 Å². The summed E-state index contributed by atoms with van der Waals surface area (Å²) in [4.78, 5) is 15.9. The normalized spacial score (nSPS) is 11.7. The molecule has 0 fully saturated rings. The van der Waals surface area contributed by atoms with Gasteiger partial charge in [-0.1, -0.05) is 0 Å². The molecule has 0 saturated carbocycles. The van der Waals surface area contributed by atoms with Crippen LogP contribution in [-0.4, -0.2) is 26.4 Å². The summed E-state index contributed by atoms with van der Waals surface area (Å²) in [5, 5.41) is 9.39. The molecular formula is C12H14N2O3. The maximum absolute atomic E-state index is 11.9. The quantitative estimate of drug-likeness (QED) is 0.760. The second kappa shape index (κ2) is 3.76. The van der Waals surface area contributed by atoms with Crippen LogP contribution in [0.5, 0.6) is 5.75 Å². The molecule has 5 nitrogen and oxygen atoms in total. The number of aromatic hydroxyl groups is 1. The van der Waals surface area contributed by atoms with Gasteiger partial charge >= 0.3 is 6.09 Å². The van der Waals surface area contributed by atoms with Crippen molar-refractivity contribution in [2.24, 2.45) is 0 Å². The molecular weight excluding hydrogens is 220 g/mol. The first kappa shape index (κ1) is 11.4.